The van der Waals surface area contributed by atoms with E-state index in [1.165, 1.54) is 6.07 Å². The van der Waals surface area contributed by atoms with Gasteiger partial charge in [0.2, 0.25) is 11.8 Å². The summed E-state index contributed by atoms with van der Waals surface area (Å²) in [6.45, 7) is 5.95. The lowest BCUT2D eigenvalue weighted by Gasteiger charge is -2.22. The first-order chi connectivity index (χ1) is 21.9. The molecule has 0 bridgehead atoms. The maximum absolute atomic E-state index is 12.6. The van der Waals surface area contributed by atoms with Crippen LogP contribution in [-0.2, 0) is 19.1 Å². The summed E-state index contributed by atoms with van der Waals surface area (Å²) in [6.07, 6.45) is 1.74. The van der Waals surface area contributed by atoms with Gasteiger partial charge in [-0.05, 0) is 82.9 Å². The van der Waals surface area contributed by atoms with Gasteiger partial charge in [-0.15, -0.1) is 0 Å². The van der Waals surface area contributed by atoms with Crippen molar-refractivity contribution in [2.75, 3.05) is 23.7 Å². The molecule has 6 amide bonds. The Kier molecular flexibility index (Phi) is 18.3. The molecule has 0 spiro atoms. The van der Waals surface area contributed by atoms with E-state index in [-0.39, 0.29) is 18.2 Å². The third-order valence-corrected chi connectivity index (χ3v) is 7.41. The van der Waals surface area contributed by atoms with Crippen molar-refractivity contribution in [1.29, 1.82) is 0 Å². The van der Waals surface area contributed by atoms with Crippen molar-refractivity contribution >= 4 is 87.6 Å². The van der Waals surface area contributed by atoms with Crippen LogP contribution in [-0.4, -0.2) is 54.6 Å². The van der Waals surface area contributed by atoms with Gasteiger partial charge in [-0.3, -0.25) is 14.4 Å². The molecule has 0 unspecified atom stereocenters. The maximum atomic E-state index is 12.6. The Morgan fingerprint density at radius 3 is 1.60 bits per heavy atom. The highest BCUT2D eigenvalue weighted by molar-refractivity contribution is 6.42. The van der Waals surface area contributed by atoms with E-state index >= 15 is 0 Å². The van der Waals surface area contributed by atoms with Gasteiger partial charge < -0.3 is 43.2 Å². The molecule has 10 N–H and O–H groups in total. The summed E-state index contributed by atoms with van der Waals surface area (Å²) in [7, 11) is 0. The van der Waals surface area contributed by atoms with Gasteiger partial charge in [0.1, 0.15) is 5.60 Å². The zero-order chi connectivity index (χ0) is 35.7. The van der Waals surface area contributed by atoms with Crippen LogP contribution in [0.3, 0.4) is 0 Å². The monoisotopic (exact) mass is 735 g/mol. The topological polar surface area (TPSA) is 221 Å². The van der Waals surface area contributed by atoms with Crippen LogP contribution in [0.2, 0.25) is 20.1 Å². The van der Waals surface area contributed by atoms with Crippen LogP contribution in [0, 0.1) is 5.92 Å². The van der Waals surface area contributed by atoms with Crippen LogP contribution in [0.15, 0.2) is 36.4 Å². The first kappa shape index (κ1) is 41.5. The summed E-state index contributed by atoms with van der Waals surface area (Å²) in [5, 5.41) is 11.7. The molecule has 260 valence electrons. The number of hydrogen-bond donors (Lipinski definition) is 7. The van der Waals surface area contributed by atoms with Crippen molar-refractivity contribution in [2.24, 2.45) is 23.1 Å². The quantitative estimate of drug-likeness (QED) is 0.0983. The summed E-state index contributed by atoms with van der Waals surface area (Å²) in [5.41, 5.74) is 16.0. The summed E-state index contributed by atoms with van der Waals surface area (Å²) in [4.78, 5) is 57.8. The van der Waals surface area contributed by atoms with E-state index in [0.717, 1.165) is 0 Å². The van der Waals surface area contributed by atoms with Crippen LogP contribution in [0.25, 0.3) is 0 Å². The molecular weight excluding hydrogens is 696 g/mol. The number of rotatable bonds is 14. The molecule has 0 saturated heterocycles. The van der Waals surface area contributed by atoms with E-state index in [1.54, 1.807) is 51.1 Å². The number of urea groups is 2. The van der Waals surface area contributed by atoms with Crippen LogP contribution in [0.4, 0.5) is 21.0 Å². The number of nitrogens with two attached hydrogens (primary N) is 3. The highest BCUT2D eigenvalue weighted by Gasteiger charge is 2.25. The standard InChI is InChI=1S/C18H25Cl2N3O4.C12H16Cl2N4O2/c1-18(2,3)27-15(24)9-11(5-4-8-22-17(21)26)16(25)23-12-6-7-13(19)14(20)10-12;13-8-4-3-7(6-9(8)14)18-11(19)10(15)2-1-5-17-12(16)20/h6-7,10-11H,4-5,8-9H2,1-3H3,(H,23,25)(H3,21,22,26);3-4,6,10H,1-2,5,15H2,(H,18,19)(H3,16,17,20)/t11-;10-/m10/s1. The summed E-state index contributed by atoms with van der Waals surface area (Å²) in [5.74, 6) is -1.79. The van der Waals surface area contributed by atoms with Crippen LogP contribution >= 0.6 is 46.4 Å². The number of primary amides is 2. The Morgan fingerprint density at radius 1 is 0.723 bits per heavy atom. The Balaban J connectivity index is 0.000000491. The lowest BCUT2D eigenvalue weighted by molar-refractivity contribution is -0.157. The van der Waals surface area contributed by atoms with E-state index in [2.05, 4.69) is 21.3 Å². The smallest absolute Gasteiger partial charge is 0.312 e. The molecule has 13 nitrogen and oxygen atoms in total. The van der Waals surface area contributed by atoms with Crippen LogP contribution in [0.1, 0.15) is 52.9 Å². The van der Waals surface area contributed by atoms with Gasteiger partial charge in [0.25, 0.3) is 0 Å². The van der Waals surface area contributed by atoms with Crippen molar-refractivity contribution in [2.45, 2.75) is 64.5 Å². The SMILES string of the molecule is CC(C)(C)OC(=O)C[C@@H](CCCNC(N)=O)C(=O)Nc1ccc(Cl)c(Cl)c1.NC(=O)NCCC[C@H](N)C(=O)Nc1ccc(Cl)c(Cl)c1. The maximum Gasteiger partial charge on any atom is 0.312 e. The Labute approximate surface area is 293 Å². The lowest BCUT2D eigenvalue weighted by atomic mass is 9.98. The first-order valence-electron chi connectivity index (χ1n) is 14.4. The molecule has 0 aromatic heterocycles. The number of nitrogens with one attached hydrogen (secondary N) is 4. The van der Waals surface area contributed by atoms with E-state index in [4.69, 9.17) is 68.3 Å². The number of carbonyl (C=O) groups is 5. The van der Waals surface area contributed by atoms with Gasteiger partial charge >= 0.3 is 18.0 Å². The second kappa shape index (κ2) is 20.7. The molecule has 47 heavy (non-hydrogen) atoms. The number of ether oxygens (including phenoxy) is 1. The number of benzene rings is 2. The Hall–Kier alpha value is -3.49. The molecule has 0 heterocycles. The molecule has 2 aromatic rings. The second-order valence-corrected chi connectivity index (χ2v) is 12.8. The van der Waals surface area contributed by atoms with Crippen molar-refractivity contribution < 1.29 is 28.7 Å². The fourth-order valence-electron chi connectivity index (χ4n) is 3.76. The van der Waals surface area contributed by atoms with Crippen molar-refractivity contribution in [1.82, 2.24) is 10.6 Å². The molecule has 0 aliphatic heterocycles. The molecule has 0 fully saturated rings. The molecule has 2 aromatic carbocycles. The molecule has 17 heteroatoms. The van der Waals surface area contributed by atoms with E-state index < -0.39 is 35.6 Å². The van der Waals surface area contributed by atoms with E-state index in [0.29, 0.717) is 70.2 Å². The minimum absolute atomic E-state index is 0.0823. The summed E-state index contributed by atoms with van der Waals surface area (Å²) >= 11 is 23.4. The Morgan fingerprint density at radius 2 is 1.17 bits per heavy atom. The normalized spacial score (nSPS) is 12.0. The van der Waals surface area contributed by atoms with Crippen molar-refractivity contribution in [3.63, 3.8) is 0 Å². The average molecular weight is 738 g/mol. The summed E-state index contributed by atoms with van der Waals surface area (Å²) < 4.78 is 5.30. The zero-order valence-electron chi connectivity index (χ0n) is 26.3. The number of anilines is 2. The molecule has 0 aliphatic carbocycles. The third kappa shape index (κ3) is 18.4. The van der Waals surface area contributed by atoms with Crippen LogP contribution in [0.5, 0.6) is 0 Å². The van der Waals surface area contributed by atoms with Crippen molar-refractivity contribution in [3.05, 3.63) is 56.5 Å². The molecule has 0 aliphatic rings. The fourth-order valence-corrected chi connectivity index (χ4v) is 4.36. The molecule has 0 saturated carbocycles. The minimum Gasteiger partial charge on any atom is -0.460 e. The number of halogens is 4. The lowest BCUT2D eigenvalue weighted by Crippen LogP contribution is -2.37. The van der Waals surface area contributed by atoms with Gasteiger partial charge in [-0.2, -0.15) is 0 Å². The molecule has 2 rings (SSSR count). The predicted octanol–water partition coefficient (Wildman–Crippen LogP) is 5.44. The van der Waals surface area contributed by atoms with Gasteiger partial charge in [-0.25, -0.2) is 9.59 Å². The molecule has 2 atom stereocenters. The second-order valence-electron chi connectivity index (χ2n) is 11.2. The van der Waals surface area contributed by atoms with E-state index in [1.807, 2.05) is 0 Å². The first-order valence-corrected chi connectivity index (χ1v) is 15.9. The fraction of sp³-hybridized carbons (Fsp3) is 0.433. The molecule has 0 radical (unpaired) electrons. The minimum atomic E-state index is -0.681. The predicted molar refractivity (Wildman–Crippen MR) is 186 cm³/mol. The van der Waals surface area contributed by atoms with Gasteiger partial charge in [0.15, 0.2) is 0 Å². The number of carbonyl (C=O) groups excluding carboxylic acids is 5. The highest BCUT2D eigenvalue weighted by Crippen LogP contribution is 2.27. The Bertz CT molecular complexity index is 1390. The van der Waals surface area contributed by atoms with Crippen molar-refractivity contribution in [3.8, 4) is 0 Å². The van der Waals surface area contributed by atoms with Gasteiger partial charge in [-0.1, -0.05) is 46.4 Å². The average Bonchev–Trinajstić information content (AvgIpc) is 2.95. The number of hydrogen-bond acceptors (Lipinski definition) is 7. The molecular formula is C30H41Cl4N7O6. The zero-order valence-corrected chi connectivity index (χ0v) is 29.3. The largest absolute Gasteiger partial charge is 0.460 e. The van der Waals surface area contributed by atoms with Crippen LogP contribution < -0.4 is 38.5 Å². The third-order valence-electron chi connectivity index (χ3n) is 5.93. The van der Waals surface area contributed by atoms with Gasteiger partial charge in [0, 0.05) is 30.4 Å². The van der Waals surface area contributed by atoms with Gasteiger partial charge in [0.05, 0.1) is 32.6 Å². The number of esters is 1. The number of amides is 6. The highest BCUT2D eigenvalue weighted by atomic mass is 35.5. The summed E-state index contributed by atoms with van der Waals surface area (Å²) in [6, 6.07) is 7.56. The van der Waals surface area contributed by atoms with E-state index in [9.17, 15) is 24.0 Å².